The molecule has 4 nitrogen and oxygen atoms in total. The van der Waals surface area contributed by atoms with Crippen molar-refractivity contribution in [3.63, 3.8) is 0 Å². The van der Waals surface area contributed by atoms with Gasteiger partial charge in [-0.1, -0.05) is 19.1 Å². The summed E-state index contributed by atoms with van der Waals surface area (Å²) >= 11 is 0. The topological polar surface area (TPSA) is 50.4 Å². The molecule has 1 saturated heterocycles. The Labute approximate surface area is 135 Å². The van der Waals surface area contributed by atoms with Crippen molar-refractivity contribution in [2.45, 2.75) is 39.3 Å². The molecule has 1 heterocycles. The van der Waals surface area contributed by atoms with Crippen molar-refractivity contribution in [2.75, 3.05) is 13.1 Å². The Morgan fingerprint density at radius 1 is 1.30 bits per heavy atom. The maximum Gasteiger partial charge on any atom is 0.387 e. The Balaban J connectivity index is 1.73. The molecule has 0 spiro atoms. The number of halogens is 2. The molecular formula is C17H24F2N2O2. The van der Waals surface area contributed by atoms with E-state index < -0.39 is 6.61 Å². The molecule has 2 rings (SSSR count). The maximum absolute atomic E-state index is 12.1. The summed E-state index contributed by atoms with van der Waals surface area (Å²) < 4.78 is 28.4. The van der Waals surface area contributed by atoms with Crippen LogP contribution in [0.1, 0.15) is 31.7 Å². The van der Waals surface area contributed by atoms with Gasteiger partial charge in [-0.25, -0.2) is 0 Å². The SMILES string of the molecule is CC(CC(=O)NCc1ccc(OC(F)F)cc1)C1CCNCC1. The van der Waals surface area contributed by atoms with Crippen LogP contribution in [0.25, 0.3) is 0 Å². The molecule has 0 aliphatic carbocycles. The van der Waals surface area contributed by atoms with Gasteiger partial charge in [-0.05, 0) is 55.5 Å². The predicted octanol–water partition coefficient (Wildman–Crippen LogP) is 2.93. The third-order valence-corrected chi connectivity index (χ3v) is 4.33. The van der Waals surface area contributed by atoms with Crippen molar-refractivity contribution < 1.29 is 18.3 Å². The van der Waals surface area contributed by atoms with Gasteiger partial charge in [0.2, 0.25) is 5.91 Å². The molecular weight excluding hydrogens is 302 g/mol. The third-order valence-electron chi connectivity index (χ3n) is 4.33. The minimum absolute atomic E-state index is 0.0314. The summed E-state index contributed by atoms with van der Waals surface area (Å²) in [6.07, 6.45) is 2.78. The van der Waals surface area contributed by atoms with E-state index in [-0.39, 0.29) is 11.7 Å². The van der Waals surface area contributed by atoms with E-state index in [0.717, 1.165) is 31.5 Å². The summed E-state index contributed by atoms with van der Waals surface area (Å²) in [5, 5.41) is 6.21. The number of piperidine rings is 1. The number of carbonyl (C=O) groups excluding carboxylic acids is 1. The molecule has 1 aliphatic heterocycles. The van der Waals surface area contributed by atoms with Crippen LogP contribution in [-0.2, 0) is 11.3 Å². The number of benzene rings is 1. The number of amides is 1. The fourth-order valence-electron chi connectivity index (χ4n) is 2.93. The van der Waals surface area contributed by atoms with Gasteiger partial charge in [-0.2, -0.15) is 8.78 Å². The van der Waals surface area contributed by atoms with Gasteiger partial charge in [0.05, 0.1) is 0 Å². The lowest BCUT2D eigenvalue weighted by atomic mass is 9.84. The number of nitrogens with one attached hydrogen (secondary N) is 2. The third kappa shape index (κ3) is 6.14. The maximum atomic E-state index is 12.1. The van der Waals surface area contributed by atoms with Crippen molar-refractivity contribution in [1.82, 2.24) is 10.6 Å². The van der Waals surface area contributed by atoms with Crippen LogP contribution in [0.4, 0.5) is 8.78 Å². The second-order valence-electron chi connectivity index (χ2n) is 6.07. The predicted molar refractivity (Wildman–Crippen MR) is 84.3 cm³/mol. The highest BCUT2D eigenvalue weighted by Gasteiger charge is 2.21. The summed E-state index contributed by atoms with van der Waals surface area (Å²) in [5.74, 6) is 1.13. The Bertz CT molecular complexity index is 488. The molecule has 6 heteroatoms. The molecule has 1 unspecified atom stereocenters. The van der Waals surface area contributed by atoms with E-state index >= 15 is 0 Å². The van der Waals surface area contributed by atoms with Crippen LogP contribution in [0.5, 0.6) is 5.75 Å². The van der Waals surface area contributed by atoms with Crippen LogP contribution in [0.15, 0.2) is 24.3 Å². The van der Waals surface area contributed by atoms with E-state index in [1.165, 1.54) is 12.1 Å². The van der Waals surface area contributed by atoms with E-state index in [9.17, 15) is 13.6 Å². The van der Waals surface area contributed by atoms with E-state index in [1.54, 1.807) is 12.1 Å². The number of hydrogen-bond acceptors (Lipinski definition) is 3. The minimum atomic E-state index is -2.82. The number of hydrogen-bond donors (Lipinski definition) is 2. The largest absolute Gasteiger partial charge is 0.435 e. The van der Waals surface area contributed by atoms with Crippen LogP contribution in [-0.4, -0.2) is 25.6 Å². The second kappa shape index (κ2) is 8.82. The number of alkyl halides is 2. The standard InChI is InChI=1S/C17H24F2N2O2/c1-12(14-6-8-20-9-7-14)10-16(22)21-11-13-2-4-15(5-3-13)23-17(18)19/h2-5,12,14,17,20H,6-11H2,1H3,(H,21,22). The summed E-state index contributed by atoms with van der Waals surface area (Å²) in [5.41, 5.74) is 0.856. The zero-order valence-corrected chi connectivity index (χ0v) is 13.4. The molecule has 2 N–H and O–H groups in total. The van der Waals surface area contributed by atoms with E-state index in [4.69, 9.17) is 0 Å². The molecule has 128 valence electrons. The monoisotopic (exact) mass is 326 g/mol. The van der Waals surface area contributed by atoms with Gasteiger partial charge in [0, 0.05) is 13.0 Å². The quantitative estimate of drug-likeness (QED) is 0.810. The molecule has 1 amide bonds. The van der Waals surface area contributed by atoms with Gasteiger partial charge in [-0.3, -0.25) is 4.79 Å². The molecule has 0 saturated carbocycles. The number of rotatable bonds is 7. The molecule has 0 bridgehead atoms. The molecule has 1 aliphatic rings. The van der Waals surface area contributed by atoms with Crippen molar-refractivity contribution >= 4 is 5.91 Å². The van der Waals surface area contributed by atoms with Gasteiger partial charge in [0.15, 0.2) is 0 Å². The van der Waals surface area contributed by atoms with E-state index in [2.05, 4.69) is 22.3 Å². The second-order valence-corrected chi connectivity index (χ2v) is 6.07. The summed E-state index contributed by atoms with van der Waals surface area (Å²) in [6.45, 7) is 1.77. The molecule has 1 atom stereocenters. The van der Waals surface area contributed by atoms with Crippen molar-refractivity contribution in [3.8, 4) is 5.75 Å². The van der Waals surface area contributed by atoms with Crippen LogP contribution in [0.3, 0.4) is 0 Å². The Kier molecular flexibility index (Phi) is 6.77. The molecule has 1 aromatic carbocycles. The lowest BCUT2D eigenvalue weighted by Crippen LogP contribution is -2.33. The van der Waals surface area contributed by atoms with Gasteiger partial charge in [-0.15, -0.1) is 0 Å². The fraction of sp³-hybridized carbons (Fsp3) is 0.588. The smallest absolute Gasteiger partial charge is 0.387 e. The van der Waals surface area contributed by atoms with Gasteiger partial charge >= 0.3 is 6.61 Å². The highest BCUT2D eigenvalue weighted by molar-refractivity contribution is 5.76. The molecule has 1 fully saturated rings. The first-order valence-electron chi connectivity index (χ1n) is 8.05. The Morgan fingerprint density at radius 2 is 1.96 bits per heavy atom. The first-order valence-corrected chi connectivity index (χ1v) is 8.05. The van der Waals surface area contributed by atoms with E-state index in [0.29, 0.717) is 24.8 Å². The number of carbonyl (C=O) groups is 1. The lowest BCUT2D eigenvalue weighted by Gasteiger charge is -2.27. The van der Waals surface area contributed by atoms with Crippen LogP contribution < -0.4 is 15.4 Å². The van der Waals surface area contributed by atoms with Crippen molar-refractivity contribution in [1.29, 1.82) is 0 Å². The summed E-state index contributed by atoms with van der Waals surface area (Å²) in [6, 6.07) is 6.30. The summed E-state index contributed by atoms with van der Waals surface area (Å²) in [4.78, 5) is 12.0. The summed E-state index contributed by atoms with van der Waals surface area (Å²) in [7, 11) is 0. The average molecular weight is 326 g/mol. The lowest BCUT2D eigenvalue weighted by molar-refractivity contribution is -0.122. The van der Waals surface area contributed by atoms with Gasteiger partial charge in [0.25, 0.3) is 0 Å². The molecule has 0 radical (unpaired) electrons. The highest BCUT2D eigenvalue weighted by atomic mass is 19.3. The first kappa shape index (κ1) is 17.7. The minimum Gasteiger partial charge on any atom is -0.435 e. The Morgan fingerprint density at radius 3 is 2.57 bits per heavy atom. The van der Waals surface area contributed by atoms with Crippen molar-refractivity contribution in [3.05, 3.63) is 29.8 Å². The van der Waals surface area contributed by atoms with Crippen molar-refractivity contribution in [2.24, 2.45) is 11.8 Å². The molecule has 1 aromatic rings. The number of ether oxygens (including phenoxy) is 1. The zero-order chi connectivity index (χ0) is 16.7. The highest BCUT2D eigenvalue weighted by Crippen LogP contribution is 2.24. The van der Waals surface area contributed by atoms with Gasteiger partial charge < -0.3 is 15.4 Å². The van der Waals surface area contributed by atoms with Gasteiger partial charge in [0.1, 0.15) is 5.75 Å². The fourth-order valence-corrected chi connectivity index (χ4v) is 2.93. The molecule has 0 aromatic heterocycles. The van der Waals surface area contributed by atoms with Crippen LogP contribution >= 0.6 is 0 Å². The van der Waals surface area contributed by atoms with E-state index in [1.807, 2.05) is 0 Å². The van der Waals surface area contributed by atoms with Crippen LogP contribution in [0, 0.1) is 11.8 Å². The van der Waals surface area contributed by atoms with Crippen LogP contribution in [0.2, 0.25) is 0 Å². The Hall–Kier alpha value is -1.69. The zero-order valence-electron chi connectivity index (χ0n) is 13.4. The normalized spacial score (nSPS) is 17.0. The average Bonchev–Trinajstić information content (AvgIpc) is 2.54. The first-order chi connectivity index (χ1) is 11.0. The molecule has 23 heavy (non-hydrogen) atoms.